The number of rotatable bonds is 7. The molecule has 0 bridgehead atoms. The van der Waals surface area contributed by atoms with Crippen LogP contribution in [-0.2, 0) is 24.4 Å². The van der Waals surface area contributed by atoms with E-state index in [4.69, 9.17) is 0 Å². The van der Waals surface area contributed by atoms with E-state index in [0.29, 0.717) is 24.2 Å². The van der Waals surface area contributed by atoms with Crippen molar-refractivity contribution >= 4 is 32.9 Å². The average Bonchev–Trinajstić information content (AvgIpc) is 2.99. The van der Waals surface area contributed by atoms with Crippen molar-refractivity contribution in [2.45, 2.75) is 46.8 Å². The SMILES string of the molecule is CCCn1c(=O)c2c(nc(Br)n2CC(=O)C(C)C)n(Cc2ccccc2)c1=O. The van der Waals surface area contributed by atoms with Crippen molar-refractivity contribution in [3.8, 4) is 0 Å². The highest BCUT2D eigenvalue weighted by Crippen LogP contribution is 2.18. The van der Waals surface area contributed by atoms with Gasteiger partial charge in [0.1, 0.15) is 0 Å². The topological polar surface area (TPSA) is 78.9 Å². The maximum absolute atomic E-state index is 13.1. The molecule has 2 aromatic heterocycles. The summed E-state index contributed by atoms with van der Waals surface area (Å²) in [5, 5.41) is 0. The molecule has 0 amide bonds. The Labute approximate surface area is 170 Å². The zero-order chi connectivity index (χ0) is 20.4. The highest BCUT2D eigenvalue weighted by Gasteiger charge is 2.22. The van der Waals surface area contributed by atoms with Gasteiger partial charge in [0, 0.05) is 12.5 Å². The molecule has 0 N–H and O–H groups in total. The molecular formula is C20H23BrN4O3. The lowest BCUT2D eigenvalue weighted by Gasteiger charge is -2.12. The molecule has 7 nitrogen and oxygen atoms in total. The first-order valence-corrected chi connectivity index (χ1v) is 10.1. The van der Waals surface area contributed by atoms with Gasteiger partial charge in [0.2, 0.25) is 0 Å². The molecule has 2 heterocycles. The number of halogens is 1. The third-order valence-electron chi connectivity index (χ3n) is 4.66. The summed E-state index contributed by atoms with van der Waals surface area (Å²) in [6, 6.07) is 9.54. The van der Waals surface area contributed by atoms with Crippen LogP contribution in [0.5, 0.6) is 0 Å². The fourth-order valence-corrected chi connectivity index (χ4v) is 3.55. The van der Waals surface area contributed by atoms with Crippen molar-refractivity contribution in [3.63, 3.8) is 0 Å². The zero-order valence-corrected chi connectivity index (χ0v) is 17.8. The van der Waals surface area contributed by atoms with Gasteiger partial charge in [-0.25, -0.2) is 9.78 Å². The standard InChI is InChI=1S/C20H23BrN4O3/c1-4-10-23-18(27)16-17(22-19(21)24(16)12-15(26)13(2)3)25(20(23)28)11-14-8-6-5-7-9-14/h5-9,13H,4,10-12H2,1-3H3. The normalized spacial score (nSPS) is 11.5. The Bertz CT molecular complexity index is 1130. The largest absolute Gasteiger partial charge is 0.333 e. The van der Waals surface area contributed by atoms with E-state index < -0.39 is 11.2 Å². The van der Waals surface area contributed by atoms with Gasteiger partial charge in [0.25, 0.3) is 5.56 Å². The molecule has 0 saturated heterocycles. The number of hydrogen-bond donors (Lipinski definition) is 0. The van der Waals surface area contributed by atoms with Gasteiger partial charge < -0.3 is 4.57 Å². The van der Waals surface area contributed by atoms with E-state index >= 15 is 0 Å². The predicted molar refractivity (Wildman–Crippen MR) is 112 cm³/mol. The van der Waals surface area contributed by atoms with Crippen LogP contribution in [0.3, 0.4) is 0 Å². The monoisotopic (exact) mass is 446 g/mol. The maximum atomic E-state index is 13.1. The fraction of sp³-hybridized carbons (Fsp3) is 0.400. The number of imidazole rings is 1. The summed E-state index contributed by atoms with van der Waals surface area (Å²) >= 11 is 3.37. The molecule has 0 fully saturated rings. The lowest BCUT2D eigenvalue weighted by Crippen LogP contribution is -2.41. The Morgan fingerprint density at radius 1 is 1.11 bits per heavy atom. The van der Waals surface area contributed by atoms with Gasteiger partial charge in [-0.1, -0.05) is 51.1 Å². The number of Topliss-reactive ketones (excluding diaryl/α,β-unsaturated/α-hetero) is 1. The number of carbonyl (C=O) groups is 1. The van der Waals surface area contributed by atoms with E-state index in [-0.39, 0.29) is 29.4 Å². The number of benzene rings is 1. The minimum absolute atomic E-state index is 0.0118. The van der Waals surface area contributed by atoms with Gasteiger partial charge in [-0.3, -0.25) is 18.7 Å². The second-order valence-corrected chi connectivity index (χ2v) is 7.78. The molecule has 0 saturated carbocycles. The van der Waals surface area contributed by atoms with Gasteiger partial charge in [-0.2, -0.15) is 0 Å². The summed E-state index contributed by atoms with van der Waals surface area (Å²) in [4.78, 5) is 42.9. The maximum Gasteiger partial charge on any atom is 0.333 e. The first-order valence-electron chi connectivity index (χ1n) is 9.31. The number of aromatic nitrogens is 4. The molecule has 8 heteroatoms. The van der Waals surface area contributed by atoms with E-state index in [9.17, 15) is 14.4 Å². The van der Waals surface area contributed by atoms with Gasteiger partial charge >= 0.3 is 5.69 Å². The lowest BCUT2D eigenvalue weighted by molar-refractivity contribution is -0.122. The van der Waals surface area contributed by atoms with Crippen molar-refractivity contribution in [2.75, 3.05) is 0 Å². The van der Waals surface area contributed by atoms with E-state index in [0.717, 1.165) is 5.56 Å². The third-order valence-corrected chi connectivity index (χ3v) is 5.26. The van der Waals surface area contributed by atoms with Gasteiger partial charge in [-0.05, 0) is 27.9 Å². The number of ketones is 1. The first kappa shape index (κ1) is 20.3. The number of nitrogens with zero attached hydrogens (tertiary/aromatic N) is 4. The molecule has 0 aliphatic carbocycles. The molecule has 148 valence electrons. The minimum Gasteiger partial charge on any atom is -0.305 e. The number of carbonyl (C=O) groups excluding carboxylic acids is 1. The molecule has 0 atom stereocenters. The van der Waals surface area contributed by atoms with Crippen LogP contribution in [0, 0.1) is 5.92 Å². The molecule has 0 unspecified atom stereocenters. The van der Waals surface area contributed by atoms with Crippen LogP contribution < -0.4 is 11.2 Å². The van der Waals surface area contributed by atoms with E-state index in [2.05, 4.69) is 20.9 Å². The van der Waals surface area contributed by atoms with Gasteiger partial charge in [0.05, 0.1) is 13.1 Å². The second-order valence-electron chi connectivity index (χ2n) is 7.07. The van der Waals surface area contributed by atoms with Crippen molar-refractivity contribution < 1.29 is 4.79 Å². The summed E-state index contributed by atoms with van der Waals surface area (Å²) in [5.41, 5.74) is 0.674. The molecule has 0 aliphatic rings. The lowest BCUT2D eigenvalue weighted by atomic mass is 10.1. The average molecular weight is 447 g/mol. The summed E-state index contributed by atoms with van der Waals surface area (Å²) in [7, 11) is 0. The van der Waals surface area contributed by atoms with Crippen molar-refractivity contribution in [1.82, 2.24) is 18.7 Å². The molecule has 0 radical (unpaired) electrons. The Morgan fingerprint density at radius 3 is 2.39 bits per heavy atom. The van der Waals surface area contributed by atoms with E-state index in [1.165, 1.54) is 9.13 Å². The van der Waals surface area contributed by atoms with Crippen LogP contribution in [-0.4, -0.2) is 24.5 Å². The zero-order valence-electron chi connectivity index (χ0n) is 16.2. The Balaban J connectivity index is 2.29. The van der Waals surface area contributed by atoms with Crippen LogP contribution in [0.4, 0.5) is 0 Å². The van der Waals surface area contributed by atoms with Crippen molar-refractivity contribution in [1.29, 1.82) is 0 Å². The summed E-state index contributed by atoms with van der Waals surface area (Å²) < 4.78 is 4.66. The Hall–Kier alpha value is -2.48. The Morgan fingerprint density at radius 2 is 1.79 bits per heavy atom. The van der Waals surface area contributed by atoms with Crippen LogP contribution in [0.25, 0.3) is 11.2 Å². The second kappa shape index (κ2) is 8.26. The van der Waals surface area contributed by atoms with Crippen molar-refractivity contribution in [3.05, 3.63) is 61.5 Å². The summed E-state index contributed by atoms with van der Waals surface area (Å²) in [5.74, 6) is -0.181. The van der Waals surface area contributed by atoms with E-state index in [1.807, 2.05) is 51.1 Å². The molecule has 0 aliphatic heterocycles. The molecular weight excluding hydrogens is 424 g/mol. The van der Waals surface area contributed by atoms with E-state index in [1.54, 1.807) is 4.57 Å². The van der Waals surface area contributed by atoms with Crippen LogP contribution in [0.1, 0.15) is 32.8 Å². The smallest absolute Gasteiger partial charge is 0.305 e. The highest BCUT2D eigenvalue weighted by atomic mass is 79.9. The van der Waals surface area contributed by atoms with Crippen LogP contribution in [0.15, 0.2) is 44.7 Å². The first-order chi connectivity index (χ1) is 13.3. The number of fused-ring (bicyclic) bond motifs is 1. The molecule has 0 spiro atoms. The number of hydrogen-bond acceptors (Lipinski definition) is 4. The van der Waals surface area contributed by atoms with Gasteiger partial charge in [0.15, 0.2) is 21.7 Å². The molecule has 3 aromatic rings. The summed E-state index contributed by atoms with van der Waals surface area (Å²) in [6.45, 7) is 6.17. The summed E-state index contributed by atoms with van der Waals surface area (Å²) in [6.07, 6.45) is 0.645. The van der Waals surface area contributed by atoms with Crippen molar-refractivity contribution in [2.24, 2.45) is 5.92 Å². The molecule has 1 aromatic carbocycles. The molecule has 28 heavy (non-hydrogen) atoms. The minimum atomic E-state index is -0.416. The quantitative estimate of drug-likeness (QED) is 0.522. The highest BCUT2D eigenvalue weighted by molar-refractivity contribution is 9.10. The van der Waals surface area contributed by atoms with Gasteiger partial charge in [-0.15, -0.1) is 0 Å². The Kier molecular flexibility index (Phi) is 5.98. The third kappa shape index (κ3) is 3.73. The van der Waals surface area contributed by atoms with Crippen LogP contribution in [0.2, 0.25) is 0 Å². The predicted octanol–water partition coefficient (Wildman–Crippen LogP) is 2.81. The van der Waals surface area contributed by atoms with Crippen LogP contribution >= 0.6 is 15.9 Å². The fourth-order valence-electron chi connectivity index (χ4n) is 3.08. The molecule has 3 rings (SSSR count).